The smallest absolute Gasteiger partial charge is 0.315 e. The van der Waals surface area contributed by atoms with Gasteiger partial charge in [-0.1, -0.05) is 19.4 Å². The number of amides is 2. The van der Waals surface area contributed by atoms with Crippen LogP contribution in [0.4, 0.5) is 4.79 Å². The maximum absolute atomic E-state index is 12.0. The quantitative estimate of drug-likeness (QED) is 0.878. The van der Waals surface area contributed by atoms with E-state index < -0.39 is 0 Å². The van der Waals surface area contributed by atoms with Gasteiger partial charge in [-0.05, 0) is 43.6 Å². The molecular formula is C16H25N3OS. The first-order valence-electron chi connectivity index (χ1n) is 7.75. The molecule has 1 aromatic rings. The summed E-state index contributed by atoms with van der Waals surface area (Å²) in [5.74, 6) is 1.16. The van der Waals surface area contributed by atoms with Crippen LogP contribution in [-0.4, -0.2) is 28.1 Å². The molecule has 1 fully saturated rings. The third-order valence-electron chi connectivity index (χ3n) is 3.90. The van der Waals surface area contributed by atoms with Gasteiger partial charge in [0.05, 0.1) is 12.2 Å². The summed E-state index contributed by atoms with van der Waals surface area (Å²) in [6, 6.07) is 4.15. The molecule has 1 aliphatic rings. The molecule has 4 nitrogen and oxygen atoms in total. The molecule has 2 atom stereocenters. The van der Waals surface area contributed by atoms with Crippen LogP contribution in [0, 0.1) is 6.92 Å². The maximum Gasteiger partial charge on any atom is 0.315 e. The number of hydrogen-bond donors (Lipinski definition) is 2. The van der Waals surface area contributed by atoms with Crippen LogP contribution >= 0.6 is 11.8 Å². The average molecular weight is 307 g/mol. The second kappa shape index (κ2) is 8.27. The van der Waals surface area contributed by atoms with Crippen molar-refractivity contribution < 1.29 is 4.79 Å². The lowest BCUT2D eigenvalue weighted by atomic mass is 9.95. The molecule has 2 N–H and O–H groups in total. The fraction of sp³-hybridized carbons (Fsp3) is 0.625. The zero-order valence-corrected chi connectivity index (χ0v) is 13.7. The Hall–Kier alpha value is -1.23. The van der Waals surface area contributed by atoms with Crippen LogP contribution in [0.2, 0.25) is 0 Å². The number of carbonyl (C=O) groups excluding carboxylic acids is 1. The molecule has 0 aliphatic heterocycles. The van der Waals surface area contributed by atoms with Crippen LogP contribution in [0.15, 0.2) is 18.3 Å². The Balaban J connectivity index is 1.75. The van der Waals surface area contributed by atoms with Crippen molar-refractivity contribution in [1.29, 1.82) is 0 Å². The number of hydrogen-bond acceptors (Lipinski definition) is 3. The highest BCUT2D eigenvalue weighted by molar-refractivity contribution is 7.99. The topological polar surface area (TPSA) is 54.0 Å². The highest BCUT2D eigenvalue weighted by atomic mass is 32.2. The Morgan fingerprint density at radius 1 is 1.48 bits per heavy atom. The fourth-order valence-electron chi connectivity index (χ4n) is 2.77. The van der Waals surface area contributed by atoms with Crippen molar-refractivity contribution in [2.45, 2.75) is 57.4 Å². The van der Waals surface area contributed by atoms with E-state index in [1.54, 1.807) is 6.20 Å². The van der Waals surface area contributed by atoms with Gasteiger partial charge in [0.25, 0.3) is 0 Å². The predicted octanol–water partition coefficient (Wildman–Crippen LogP) is 3.25. The van der Waals surface area contributed by atoms with E-state index in [1.807, 2.05) is 30.8 Å². The van der Waals surface area contributed by atoms with E-state index in [9.17, 15) is 4.79 Å². The summed E-state index contributed by atoms with van der Waals surface area (Å²) in [4.78, 5) is 16.3. The molecule has 0 aromatic carbocycles. The van der Waals surface area contributed by atoms with Crippen molar-refractivity contribution in [3.63, 3.8) is 0 Å². The van der Waals surface area contributed by atoms with Gasteiger partial charge in [-0.25, -0.2) is 4.79 Å². The van der Waals surface area contributed by atoms with Crippen LogP contribution in [0.25, 0.3) is 0 Å². The number of nitrogens with one attached hydrogen (secondary N) is 2. The van der Waals surface area contributed by atoms with Crippen LogP contribution < -0.4 is 10.6 Å². The lowest BCUT2D eigenvalue weighted by Gasteiger charge is -2.29. The summed E-state index contributed by atoms with van der Waals surface area (Å²) in [7, 11) is 0. The lowest BCUT2D eigenvalue weighted by Crippen LogP contribution is -2.44. The molecule has 1 saturated carbocycles. The molecule has 0 saturated heterocycles. The standard InChI is InChI=1S/C16H25N3OS/c1-3-21-14-8-4-7-13(10-14)19-16(20)18-11-15-12(2)6-5-9-17-15/h5-6,9,13-14H,3-4,7-8,10-11H2,1-2H3,(H2,18,19,20)/t13-,14-/m1/s1. The minimum atomic E-state index is -0.0767. The van der Waals surface area contributed by atoms with E-state index in [-0.39, 0.29) is 6.03 Å². The van der Waals surface area contributed by atoms with Gasteiger partial charge >= 0.3 is 6.03 Å². The molecule has 1 aliphatic carbocycles. The largest absolute Gasteiger partial charge is 0.335 e. The number of rotatable bonds is 5. The molecule has 21 heavy (non-hydrogen) atoms. The number of carbonyl (C=O) groups is 1. The molecule has 116 valence electrons. The predicted molar refractivity (Wildman–Crippen MR) is 88.5 cm³/mol. The van der Waals surface area contributed by atoms with Crippen LogP contribution in [-0.2, 0) is 6.54 Å². The number of pyridine rings is 1. The zero-order chi connectivity index (χ0) is 15.1. The van der Waals surface area contributed by atoms with Gasteiger partial charge in [-0.2, -0.15) is 11.8 Å². The summed E-state index contributed by atoms with van der Waals surface area (Å²) in [6.07, 6.45) is 6.44. The van der Waals surface area contributed by atoms with Gasteiger partial charge in [0.15, 0.2) is 0 Å². The third kappa shape index (κ3) is 5.23. The van der Waals surface area contributed by atoms with Crippen molar-refractivity contribution in [3.8, 4) is 0 Å². The molecule has 2 rings (SSSR count). The molecule has 0 radical (unpaired) electrons. The van der Waals surface area contributed by atoms with Crippen molar-refractivity contribution in [2.24, 2.45) is 0 Å². The lowest BCUT2D eigenvalue weighted by molar-refractivity contribution is 0.232. The molecular weight excluding hydrogens is 282 g/mol. The van der Waals surface area contributed by atoms with E-state index in [4.69, 9.17) is 0 Å². The molecule has 0 bridgehead atoms. The third-order valence-corrected chi connectivity index (χ3v) is 5.13. The highest BCUT2D eigenvalue weighted by Gasteiger charge is 2.23. The Morgan fingerprint density at radius 2 is 2.33 bits per heavy atom. The van der Waals surface area contributed by atoms with Gasteiger partial charge in [-0.15, -0.1) is 0 Å². The number of thioether (sulfide) groups is 1. The number of nitrogens with zero attached hydrogens (tertiary/aromatic N) is 1. The normalized spacial score (nSPS) is 21.8. The van der Waals surface area contributed by atoms with E-state index in [0.29, 0.717) is 17.8 Å². The summed E-state index contributed by atoms with van der Waals surface area (Å²) in [6.45, 7) is 4.69. The van der Waals surface area contributed by atoms with Gasteiger partial charge in [-0.3, -0.25) is 4.98 Å². The minimum Gasteiger partial charge on any atom is -0.335 e. The summed E-state index contributed by atoms with van der Waals surface area (Å²) in [5, 5.41) is 6.72. The van der Waals surface area contributed by atoms with Gasteiger partial charge in [0.1, 0.15) is 0 Å². The molecule has 5 heteroatoms. The Kier molecular flexibility index (Phi) is 6.36. The summed E-state index contributed by atoms with van der Waals surface area (Å²) in [5.41, 5.74) is 2.03. The Morgan fingerprint density at radius 3 is 3.10 bits per heavy atom. The van der Waals surface area contributed by atoms with Crippen LogP contribution in [0.1, 0.15) is 43.9 Å². The fourth-order valence-corrected chi connectivity index (χ4v) is 3.94. The van der Waals surface area contributed by atoms with E-state index in [0.717, 1.165) is 29.9 Å². The van der Waals surface area contributed by atoms with Crippen molar-refractivity contribution in [2.75, 3.05) is 5.75 Å². The van der Waals surface area contributed by atoms with E-state index in [1.165, 1.54) is 12.8 Å². The Bertz CT molecular complexity index is 465. The first kappa shape index (κ1) is 16.1. The van der Waals surface area contributed by atoms with Crippen LogP contribution in [0.5, 0.6) is 0 Å². The van der Waals surface area contributed by atoms with Crippen molar-refractivity contribution >= 4 is 17.8 Å². The summed E-state index contributed by atoms with van der Waals surface area (Å²) >= 11 is 2.01. The van der Waals surface area contributed by atoms with Crippen molar-refractivity contribution in [1.82, 2.24) is 15.6 Å². The molecule has 2 amide bonds. The molecule has 0 unspecified atom stereocenters. The van der Waals surface area contributed by atoms with E-state index >= 15 is 0 Å². The molecule has 1 aromatic heterocycles. The highest BCUT2D eigenvalue weighted by Crippen LogP contribution is 2.28. The molecule has 1 heterocycles. The van der Waals surface area contributed by atoms with Gasteiger partial charge < -0.3 is 10.6 Å². The number of aromatic nitrogens is 1. The number of aryl methyl sites for hydroxylation is 1. The zero-order valence-electron chi connectivity index (χ0n) is 12.9. The monoisotopic (exact) mass is 307 g/mol. The average Bonchev–Trinajstić information content (AvgIpc) is 2.47. The first-order chi connectivity index (χ1) is 10.2. The second-order valence-corrected chi connectivity index (χ2v) is 7.11. The van der Waals surface area contributed by atoms with Gasteiger partial charge in [0.2, 0.25) is 0 Å². The van der Waals surface area contributed by atoms with Gasteiger partial charge in [0, 0.05) is 17.5 Å². The first-order valence-corrected chi connectivity index (χ1v) is 8.80. The second-order valence-electron chi connectivity index (χ2n) is 5.53. The van der Waals surface area contributed by atoms with Crippen LogP contribution in [0.3, 0.4) is 0 Å². The summed E-state index contributed by atoms with van der Waals surface area (Å²) < 4.78 is 0. The molecule has 0 spiro atoms. The van der Waals surface area contributed by atoms with E-state index in [2.05, 4.69) is 22.5 Å². The Labute approximate surface area is 131 Å². The minimum absolute atomic E-state index is 0.0767. The number of urea groups is 1. The maximum atomic E-state index is 12.0. The van der Waals surface area contributed by atoms with Crippen molar-refractivity contribution in [3.05, 3.63) is 29.6 Å². The SMILES string of the molecule is CCS[C@@H]1CCC[C@@H](NC(=O)NCc2ncccc2C)C1.